The van der Waals surface area contributed by atoms with Crippen LogP contribution < -0.4 is 10.6 Å². The maximum Gasteiger partial charge on any atom is 0.338 e. The van der Waals surface area contributed by atoms with Gasteiger partial charge in [-0.2, -0.15) is 0 Å². The van der Waals surface area contributed by atoms with Crippen LogP contribution in [0.5, 0.6) is 0 Å². The zero-order valence-corrected chi connectivity index (χ0v) is 19.2. The van der Waals surface area contributed by atoms with E-state index in [9.17, 15) is 4.79 Å². The fourth-order valence-corrected chi connectivity index (χ4v) is 3.70. The van der Waals surface area contributed by atoms with Gasteiger partial charge in [0.15, 0.2) is 0 Å². The zero-order valence-electron chi connectivity index (χ0n) is 19.2. The fourth-order valence-electron chi connectivity index (χ4n) is 3.70. The van der Waals surface area contributed by atoms with E-state index >= 15 is 0 Å². The number of carbonyl (C=O) groups excluding carboxylic acids is 1. The average molecular weight is 405 g/mol. The molecule has 0 bridgehead atoms. The number of nitrogen functional groups attached to an aromatic ring is 1. The Labute approximate surface area is 179 Å². The maximum absolute atomic E-state index is 12.0. The summed E-state index contributed by atoms with van der Waals surface area (Å²) in [4.78, 5) is 14.4. The van der Waals surface area contributed by atoms with E-state index in [2.05, 4.69) is 18.7 Å². The van der Waals surface area contributed by atoms with Crippen molar-refractivity contribution in [2.75, 3.05) is 30.3 Å². The Balaban J connectivity index is 2.66. The van der Waals surface area contributed by atoms with Gasteiger partial charge in [-0.25, -0.2) is 4.79 Å². The molecule has 166 valence electrons. The molecule has 0 radical (unpaired) electrons. The van der Waals surface area contributed by atoms with Gasteiger partial charge in [-0.15, -0.1) is 0 Å². The minimum Gasteiger partial charge on any atom is -0.462 e. The second kappa shape index (κ2) is 16.1. The molecule has 0 saturated heterocycles. The van der Waals surface area contributed by atoms with Crippen molar-refractivity contribution in [1.82, 2.24) is 0 Å². The van der Waals surface area contributed by atoms with Crippen LogP contribution in [0.4, 0.5) is 11.4 Å². The van der Waals surface area contributed by atoms with Crippen molar-refractivity contribution >= 4 is 17.3 Å². The summed E-state index contributed by atoms with van der Waals surface area (Å²) in [5, 5.41) is 0. The predicted octanol–water partition coefficient (Wildman–Crippen LogP) is 6.97. The van der Waals surface area contributed by atoms with Crippen LogP contribution in [0.3, 0.4) is 0 Å². The molecule has 0 unspecified atom stereocenters. The molecule has 29 heavy (non-hydrogen) atoms. The molecule has 0 aliphatic heterocycles. The number of ether oxygens (including phenoxy) is 1. The van der Waals surface area contributed by atoms with Crippen LogP contribution in [0.15, 0.2) is 18.2 Å². The zero-order chi connectivity index (χ0) is 21.3. The summed E-state index contributed by atoms with van der Waals surface area (Å²) in [5.41, 5.74) is 8.61. The standard InChI is InChI=1S/C25H44N2O2/c1-4-7-9-11-13-15-19-27(20-16-14-12-10-8-5-2)24-18-17-22(21-23(24)26)25(28)29-6-3/h17-18,21H,4-16,19-20,26H2,1-3H3. The minimum absolute atomic E-state index is 0.302. The van der Waals surface area contributed by atoms with E-state index in [4.69, 9.17) is 10.5 Å². The maximum atomic E-state index is 12.0. The number of hydrogen-bond donors (Lipinski definition) is 1. The topological polar surface area (TPSA) is 55.6 Å². The average Bonchev–Trinajstić information content (AvgIpc) is 2.72. The number of rotatable bonds is 17. The van der Waals surface area contributed by atoms with Gasteiger partial charge in [0.2, 0.25) is 0 Å². The van der Waals surface area contributed by atoms with E-state index in [1.165, 1.54) is 77.0 Å². The third-order valence-corrected chi connectivity index (χ3v) is 5.44. The highest BCUT2D eigenvalue weighted by Gasteiger charge is 2.13. The molecular formula is C25H44N2O2. The first kappa shape index (κ1) is 25.3. The number of nitrogens with zero attached hydrogens (tertiary/aromatic N) is 1. The molecule has 1 aromatic rings. The molecule has 0 saturated carbocycles. The lowest BCUT2D eigenvalue weighted by molar-refractivity contribution is 0.0526. The minimum atomic E-state index is -0.302. The van der Waals surface area contributed by atoms with Crippen LogP contribution in [0, 0.1) is 0 Å². The quantitative estimate of drug-likeness (QED) is 0.173. The summed E-state index contributed by atoms with van der Waals surface area (Å²) in [5.74, 6) is -0.302. The van der Waals surface area contributed by atoms with Gasteiger partial charge in [-0.3, -0.25) is 0 Å². The first-order valence-electron chi connectivity index (χ1n) is 12.0. The molecule has 4 nitrogen and oxygen atoms in total. The highest BCUT2D eigenvalue weighted by molar-refractivity contribution is 5.92. The van der Waals surface area contributed by atoms with Crippen LogP contribution in [0.25, 0.3) is 0 Å². The number of carbonyl (C=O) groups is 1. The summed E-state index contributed by atoms with van der Waals surface area (Å²) < 4.78 is 5.10. The first-order valence-corrected chi connectivity index (χ1v) is 12.0. The molecule has 0 heterocycles. The van der Waals surface area contributed by atoms with Crippen molar-refractivity contribution in [3.63, 3.8) is 0 Å². The molecule has 0 atom stereocenters. The van der Waals surface area contributed by atoms with Crippen LogP contribution in [0.1, 0.15) is 108 Å². The van der Waals surface area contributed by atoms with Crippen molar-refractivity contribution in [2.45, 2.75) is 97.8 Å². The molecule has 0 aliphatic rings. The Bertz CT molecular complexity index is 544. The van der Waals surface area contributed by atoms with Gasteiger partial charge in [0.05, 0.1) is 23.5 Å². The van der Waals surface area contributed by atoms with Gasteiger partial charge in [-0.1, -0.05) is 78.1 Å². The number of anilines is 2. The van der Waals surface area contributed by atoms with Gasteiger partial charge in [0.25, 0.3) is 0 Å². The molecule has 1 rings (SSSR count). The van der Waals surface area contributed by atoms with Gasteiger partial charge in [-0.05, 0) is 38.0 Å². The normalized spacial score (nSPS) is 10.9. The Kier molecular flexibility index (Phi) is 14.1. The Morgan fingerprint density at radius 3 is 1.83 bits per heavy atom. The molecule has 0 amide bonds. The Hall–Kier alpha value is -1.71. The second-order valence-electron chi connectivity index (χ2n) is 8.02. The molecule has 1 aromatic carbocycles. The number of hydrogen-bond acceptors (Lipinski definition) is 4. The third kappa shape index (κ3) is 10.6. The summed E-state index contributed by atoms with van der Waals surface area (Å²) in [6, 6.07) is 5.61. The van der Waals surface area contributed by atoms with Crippen LogP contribution in [0.2, 0.25) is 0 Å². The number of unbranched alkanes of at least 4 members (excludes halogenated alkanes) is 10. The van der Waals surface area contributed by atoms with Gasteiger partial charge in [0, 0.05) is 13.1 Å². The summed E-state index contributed by atoms with van der Waals surface area (Å²) in [6.07, 6.45) is 15.5. The van der Waals surface area contributed by atoms with Crippen LogP contribution in [-0.2, 0) is 4.74 Å². The Morgan fingerprint density at radius 2 is 1.34 bits per heavy atom. The molecular weight excluding hydrogens is 360 g/mol. The van der Waals surface area contributed by atoms with Crippen molar-refractivity contribution in [2.24, 2.45) is 0 Å². The SMILES string of the molecule is CCCCCCCCN(CCCCCCCC)c1ccc(C(=O)OCC)cc1N. The molecule has 0 aliphatic carbocycles. The lowest BCUT2D eigenvalue weighted by Crippen LogP contribution is -2.26. The summed E-state index contributed by atoms with van der Waals surface area (Å²) in [6.45, 7) is 8.77. The highest BCUT2D eigenvalue weighted by Crippen LogP contribution is 2.26. The van der Waals surface area contributed by atoms with Gasteiger partial charge < -0.3 is 15.4 Å². The molecule has 0 spiro atoms. The van der Waals surface area contributed by atoms with Crippen molar-refractivity contribution < 1.29 is 9.53 Å². The van der Waals surface area contributed by atoms with Gasteiger partial charge in [0.1, 0.15) is 0 Å². The van der Waals surface area contributed by atoms with Crippen LogP contribution >= 0.6 is 0 Å². The third-order valence-electron chi connectivity index (χ3n) is 5.44. The Morgan fingerprint density at radius 1 is 0.828 bits per heavy atom. The largest absolute Gasteiger partial charge is 0.462 e. The van der Waals surface area contributed by atoms with Crippen molar-refractivity contribution in [1.29, 1.82) is 0 Å². The number of nitrogens with two attached hydrogens (primary N) is 1. The van der Waals surface area contributed by atoms with E-state index in [-0.39, 0.29) is 5.97 Å². The fraction of sp³-hybridized carbons (Fsp3) is 0.720. The van der Waals surface area contributed by atoms with E-state index in [0.29, 0.717) is 17.9 Å². The number of benzene rings is 1. The van der Waals surface area contributed by atoms with E-state index in [0.717, 1.165) is 18.8 Å². The summed E-state index contributed by atoms with van der Waals surface area (Å²) >= 11 is 0. The van der Waals surface area contributed by atoms with Gasteiger partial charge >= 0.3 is 5.97 Å². The lowest BCUT2D eigenvalue weighted by atomic mass is 10.1. The van der Waals surface area contributed by atoms with Crippen LogP contribution in [-0.4, -0.2) is 25.7 Å². The lowest BCUT2D eigenvalue weighted by Gasteiger charge is -2.26. The predicted molar refractivity (Wildman–Crippen MR) is 126 cm³/mol. The smallest absolute Gasteiger partial charge is 0.338 e. The number of esters is 1. The van der Waals surface area contributed by atoms with Crippen molar-refractivity contribution in [3.05, 3.63) is 23.8 Å². The molecule has 0 fully saturated rings. The second-order valence-corrected chi connectivity index (χ2v) is 8.02. The van der Waals surface area contributed by atoms with E-state index in [1.54, 1.807) is 6.07 Å². The molecule has 0 aromatic heterocycles. The van der Waals surface area contributed by atoms with E-state index in [1.807, 2.05) is 19.1 Å². The van der Waals surface area contributed by atoms with Crippen molar-refractivity contribution in [3.8, 4) is 0 Å². The first-order chi connectivity index (χ1) is 14.1. The monoisotopic (exact) mass is 404 g/mol. The summed E-state index contributed by atoms with van der Waals surface area (Å²) in [7, 11) is 0. The van der Waals surface area contributed by atoms with E-state index < -0.39 is 0 Å². The molecule has 2 N–H and O–H groups in total. The molecule has 4 heteroatoms. The highest BCUT2D eigenvalue weighted by atomic mass is 16.5.